The van der Waals surface area contributed by atoms with Crippen LogP contribution in [0.25, 0.3) is 10.3 Å². The first-order chi connectivity index (χ1) is 16.9. The highest BCUT2D eigenvalue weighted by atomic mass is 32.1. The molecule has 0 aliphatic carbocycles. The molecule has 3 aromatic rings. The predicted octanol–water partition coefficient (Wildman–Crippen LogP) is 3.11. The zero-order valence-electron chi connectivity index (χ0n) is 20.5. The maximum absolute atomic E-state index is 13.1. The Hall–Kier alpha value is -3.27. The minimum absolute atomic E-state index is 0.0162. The third-order valence-electron chi connectivity index (χ3n) is 6.38. The molecule has 4 rings (SSSR count). The molecule has 0 unspecified atom stereocenters. The largest absolute Gasteiger partial charge is 0.356 e. The standard InChI is InChI=1S/C25H32N6O3S/c1-4-11-26-23(33)18-9-12-30(13-10-18)25-29-22-21(35-25)24(34)31(15-27-22)14-19(32)28-20-16(3)7-6-8-17(20)5-2/h6-8,15,18H,4-5,9-14H2,1-3H3,(H,26,33)(H,28,32). The number of thiazole rings is 1. The first-order valence-electron chi connectivity index (χ1n) is 12.2. The van der Waals surface area contributed by atoms with E-state index >= 15 is 0 Å². The number of aromatic nitrogens is 3. The Balaban J connectivity index is 1.45. The van der Waals surface area contributed by atoms with Crippen molar-refractivity contribution in [3.8, 4) is 0 Å². The van der Waals surface area contributed by atoms with Crippen molar-refractivity contribution in [1.29, 1.82) is 0 Å². The highest BCUT2D eigenvalue weighted by molar-refractivity contribution is 7.22. The summed E-state index contributed by atoms with van der Waals surface area (Å²) in [4.78, 5) is 49.1. The van der Waals surface area contributed by atoms with Gasteiger partial charge in [0.15, 0.2) is 10.8 Å². The van der Waals surface area contributed by atoms with Gasteiger partial charge in [0.2, 0.25) is 11.8 Å². The van der Waals surface area contributed by atoms with Gasteiger partial charge in [-0.05, 0) is 43.7 Å². The van der Waals surface area contributed by atoms with Crippen LogP contribution in [0.4, 0.5) is 10.8 Å². The number of hydrogen-bond donors (Lipinski definition) is 2. The average Bonchev–Trinajstić information content (AvgIpc) is 3.31. The molecule has 3 heterocycles. The van der Waals surface area contributed by atoms with Crippen LogP contribution in [0.1, 0.15) is 44.2 Å². The van der Waals surface area contributed by atoms with Gasteiger partial charge in [0.05, 0.1) is 0 Å². The molecule has 1 fully saturated rings. The van der Waals surface area contributed by atoms with Crippen LogP contribution in [0.2, 0.25) is 0 Å². The second-order valence-electron chi connectivity index (χ2n) is 8.89. The van der Waals surface area contributed by atoms with Gasteiger partial charge in [-0.1, -0.05) is 43.4 Å². The van der Waals surface area contributed by atoms with Crippen molar-refractivity contribution in [3.63, 3.8) is 0 Å². The van der Waals surface area contributed by atoms with E-state index in [4.69, 9.17) is 0 Å². The second kappa shape index (κ2) is 11.0. The first kappa shape index (κ1) is 24.8. The Morgan fingerprint density at radius 1 is 1.20 bits per heavy atom. The number of nitrogens with zero attached hydrogens (tertiary/aromatic N) is 4. The third-order valence-corrected chi connectivity index (χ3v) is 7.47. The highest BCUT2D eigenvalue weighted by Gasteiger charge is 2.27. The van der Waals surface area contributed by atoms with Crippen LogP contribution in [-0.2, 0) is 22.6 Å². The first-order valence-corrected chi connectivity index (χ1v) is 13.0. The fourth-order valence-electron chi connectivity index (χ4n) is 4.34. The molecular weight excluding hydrogens is 464 g/mol. The molecule has 2 N–H and O–H groups in total. The summed E-state index contributed by atoms with van der Waals surface area (Å²) in [5, 5.41) is 6.66. The number of rotatable bonds is 8. The topological polar surface area (TPSA) is 109 Å². The van der Waals surface area contributed by atoms with Crippen LogP contribution < -0.4 is 21.1 Å². The summed E-state index contributed by atoms with van der Waals surface area (Å²) in [7, 11) is 0. The van der Waals surface area contributed by atoms with Crippen LogP contribution >= 0.6 is 11.3 Å². The van der Waals surface area contributed by atoms with Crippen molar-refractivity contribution in [2.75, 3.05) is 29.9 Å². The highest BCUT2D eigenvalue weighted by Crippen LogP contribution is 2.29. The van der Waals surface area contributed by atoms with Crippen molar-refractivity contribution in [2.45, 2.75) is 53.0 Å². The molecule has 0 spiro atoms. The van der Waals surface area contributed by atoms with Crippen LogP contribution in [0, 0.1) is 12.8 Å². The summed E-state index contributed by atoms with van der Waals surface area (Å²) in [6, 6.07) is 5.91. The molecule has 9 nitrogen and oxygen atoms in total. The lowest BCUT2D eigenvalue weighted by Crippen LogP contribution is -2.40. The van der Waals surface area contributed by atoms with Crippen LogP contribution in [-0.4, -0.2) is 46.0 Å². The molecule has 0 radical (unpaired) electrons. The predicted molar refractivity (Wildman–Crippen MR) is 139 cm³/mol. The number of nitrogens with one attached hydrogen (secondary N) is 2. The van der Waals surface area contributed by atoms with E-state index in [1.54, 1.807) is 0 Å². The van der Waals surface area contributed by atoms with E-state index in [1.807, 2.05) is 39.0 Å². The van der Waals surface area contributed by atoms with Crippen molar-refractivity contribution in [2.24, 2.45) is 5.92 Å². The molecule has 1 saturated heterocycles. The molecule has 1 aliphatic rings. The van der Waals surface area contributed by atoms with E-state index in [1.165, 1.54) is 22.2 Å². The number of para-hydroxylation sites is 1. The number of carbonyl (C=O) groups is 2. The summed E-state index contributed by atoms with van der Waals surface area (Å²) in [6.45, 7) is 8.03. The van der Waals surface area contributed by atoms with Gasteiger partial charge in [-0.2, -0.15) is 4.98 Å². The van der Waals surface area contributed by atoms with E-state index in [0.717, 1.165) is 47.6 Å². The lowest BCUT2D eigenvalue weighted by molar-refractivity contribution is -0.125. The summed E-state index contributed by atoms with van der Waals surface area (Å²) in [5.74, 6) is -0.136. The van der Waals surface area contributed by atoms with Gasteiger partial charge < -0.3 is 15.5 Å². The summed E-state index contributed by atoms with van der Waals surface area (Å²) in [5.41, 5.74) is 2.95. The number of fused-ring (bicyclic) bond motifs is 1. The molecule has 1 aromatic carbocycles. The third kappa shape index (κ3) is 5.53. The van der Waals surface area contributed by atoms with Crippen LogP contribution in [0.3, 0.4) is 0 Å². The lowest BCUT2D eigenvalue weighted by atomic mass is 9.96. The molecule has 2 aromatic heterocycles. The second-order valence-corrected chi connectivity index (χ2v) is 9.87. The molecular formula is C25H32N6O3S. The van der Waals surface area contributed by atoms with E-state index in [0.29, 0.717) is 30.0 Å². The lowest BCUT2D eigenvalue weighted by Gasteiger charge is -2.30. The van der Waals surface area contributed by atoms with Crippen molar-refractivity contribution in [3.05, 3.63) is 46.0 Å². The summed E-state index contributed by atoms with van der Waals surface area (Å²) in [6.07, 6.45) is 4.61. The number of benzene rings is 1. The molecule has 0 saturated carbocycles. The maximum Gasteiger partial charge on any atom is 0.273 e. The minimum atomic E-state index is -0.275. The number of anilines is 2. The fraction of sp³-hybridized carbons (Fsp3) is 0.480. The molecule has 10 heteroatoms. The van der Waals surface area contributed by atoms with Crippen LogP contribution in [0.5, 0.6) is 0 Å². The molecule has 1 aliphatic heterocycles. The summed E-state index contributed by atoms with van der Waals surface area (Å²) >= 11 is 1.29. The average molecular weight is 497 g/mol. The van der Waals surface area contributed by atoms with Crippen molar-refractivity contribution in [1.82, 2.24) is 19.9 Å². The molecule has 0 atom stereocenters. The normalized spacial score (nSPS) is 14.3. The quantitative estimate of drug-likeness (QED) is 0.496. The van der Waals surface area contributed by atoms with Gasteiger partial charge in [0.1, 0.15) is 17.6 Å². The number of carbonyl (C=O) groups excluding carboxylic acids is 2. The number of amides is 2. The zero-order chi connectivity index (χ0) is 24.9. The van der Waals surface area contributed by atoms with Gasteiger partial charge in [-0.3, -0.25) is 19.0 Å². The molecule has 0 bridgehead atoms. The zero-order valence-corrected chi connectivity index (χ0v) is 21.3. The Labute approximate surface area is 208 Å². The van der Waals surface area contributed by atoms with E-state index in [-0.39, 0.29) is 29.8 Å². The van der Waals surface area contributed by atoms with E-state index in [9.17, 15) is 14.4 Å². The molecule has 35 heavy (non-hydrogen) atoms. The number of aryl methyl sites for hydroxylation is 2. The van der Waals surface area contributed by atoms with Gasteiger partial charge in [0, 0.05) is 31.2 Å². The Morgan fingerprint density at radius 2 is 1.97 bits per heavy atom. The van der Waals surface area contributed by atoms with E-state index < -0.39 is 0 Å². The SMILES string of the molecule is CCCNC(=O)C1CCN(c2nc3ncn(CC(=O)Nc4c(C)cccc4CC)c(=O)c3s2)CC1. The van der Waals surface area contributed by atoms with E-state index in [2.05, 4.69) is 25.5 Å². The minimum Gasteiger partial charge on any atom is -0.356 e. The maximum atomic E-state index is 13.1. The van der Waals surface area contributed by atoms with Gasteiger partial charge >= 0.3 is 0 Å². The Morgan fingerprint density at radius 3 is 2.69 bits per heavy atom. The van der Waals surface area contributed by atoms with Crippen molar-refractivity contribution >= 4 is 44.3 Å². The Bertz CT molecular complexity index is 1280. The van der Waals surface area contributed by atoms with Gasteiger partial charge in [-0.15, -0.1) is 0 Å². The molecule has 186 valence electrons. The summed E-state index contributed by atoms with van der Waals surface area (Å²) < 4.78 is 1.76. The van der Waals surface area contributed by atoms with Gasteiger partial charge in [-0.25, -0.2) is 4.98 Å². The smallest absolute Gasteiger partial charge is 0.273 e. The van der Waals surface area contributed by atoms with Gasteiger partial charge in [0.25, 0.3) is 5.56 Å². The van der Waals surface area contributed by atoms with Crippen molar-refractivity contribution < 1.29 is 9.59 Å². The molecule has 2 amide bonds. The number of hydrogen-bond acceptors (Lipinski definition) is 7. The Kier molecular flexibility index (Phi) is 7.80. The fourth-order valence-corrected chi connectivity index (χ4v) is 5.36. The van der Waals surface area contributed by atoms with Crippen LogP contribution in [0.15, 0.2) is 29.3 Å². The number of piperidine rings is 1. The monoisotopic (exact) mass is 496 g/mol.